The number of rotatable bonds is 6. The van der Waals surface area contributed by atoms with Gasteiger partial charge in [-0.15, -0.1) is 0 Å². The lowest BCUT2D eigenvalue weighted by Crippen LogP contribution is -2.22. The van der Waals surface area contributed by atoms with Gasteiger partial charge in [0, 0.05) is 37.3 Å². The number of nitrogens with one attached hydrogen (secondary N) is 1. The number of nitrogens with zero attached hydrogens (tertiary/aromatic N) is 5. The van der Waals surface area contributed by atoms with Crippen molar-refractivity contribution in [3.05, 3.63) is 36.2 Å². The smallest absolute Gasteiger partial charge is 0.223 e. The number of ether oxygens (including phenoxy) is 1. The maximum atomic E-state index is 5.31. The summed E-state index contributed by atoms with van der Waals surface area (Å²) in [5, 5.41) is 7.26. The summed E-state index contributed by atoms with van der Waals surface area (Å²) in [6, 6.07) is 0.0740. The van der Waals surface area contributed by atoms with Crippen LogP contribution in [-0.2, 0) is 4.74 Å². The summed E-state index contributed by atoms with van der Waals surface area (Å²) in [4.78, 5) is 17.6. The van der Waals surface area contributed by atoms with Gasteiger partial charge in [0.15, 0.2) is 0 Å². The molecule has 1 atom stereocenters. The molecular formula is C17H20N6O2. The van der Waals surface area contributed by atoms with Gasteiger partial charge in [-0.05, 0) is 20.8 Å². The third-order valence-electron chi connectivity index (χ3n) is 3.69. The van der Waals surface area contributed by atoms with Crippen LogP contribution in [0.15, 0.2) is 29.3 Å². The molecule has 130 valence electrons. The zero-order valence-electron chi connectivity index (χ0n) is 14.6. The van der Waals surface area contributed by atoms with Crippen molar-refractivity contribution in [2.45, 2.75) is 26.8 Å². The van der Waals surface area contributed by atoms with E-state index >= 15 is 0 Å². The summed E-state index contributed by atoms with van der Waals surface area (Å²) in [6.07, 6.45) is 6.68. The summed E-state index contributed by atoms with van der Waals surface area (Å²) in [7, 11) is 1.66. The van der Waals surface area contributed by atoms with E-state index in [-0.39, 0.29) is 6.04 Å². The van der Waals surface area contributed by atoms with E-state index in [1.807, 2.05) is 20.8 Å². The van der Waals surface area contributed by atoms with E-state index in [0.717, 1.165) is 16.8 Å². The van der Waals surface area contributed by atoms with E-state index in [0.29, 0.717) is 29.7 Å². The molecule has 0 bridgehead atoms. The Kier molecular flexibility index (Phi) is 4.99. The van der Waals surface area contributed by atoms with Gasteiger partial charge in [-0.2, -0.15) is 0 Å². The summed E-state index contributed by atoms with van der Waals surface area (Å²) in [5.74, 6) is 1.20. The molecule has 8 nitrogen and oxygen atoms in total. The molecule has 0 aromatic carbocycles. The minimum atomic E-state index is 0.0740. The van der Waals surface area contributed by atoms with Crippen LogP contribution >= 0.6 is 0 Å². The largest absolute Gasteiger partial charge is 0.383 e. The number of methoxy groups -OCH3 is 1. The third kappa shape index (κ3) is 3.63. The molecular weight excluding hydrogens is 320 g/mol. The average Bonchev–Trinajstić information content (AvgIpc) is 2.94. The molecule has 0 aliphatic rings. The van der Waals surface area contributed by atoms with Crippen LogP contribution in [0.3, 0.4) is 0 Å². The normalized spacial score (nSPS) is 12.2. The van der Waals surface area contributed by atoms with Crippen LogP contribution in [0, 0.1) is 13.8 Å². The van der Waals surface area contributed by atoms with Crippen LogP contribution in [0.1, 0.15) is 18.4 Å². The first-order valence-electron chi connectivity index (χ1n) is 7.92. The van der Waals surface area contributed by atoms with Crippen LogP contribution in [-0.4, -0.2) is 44.9 Å². The van der Waals surface area contributed by atoms with Crippen molar-refractivity contribution in [1.82, 2.24) is 25.1 Å². The van der Waals surface area contributed by atoms with Gasteiger partial charge in [0.2, 0.25) is 5.95 Å². The molecule has 0 radical (unpaired) electrons. The second-order valence-corrected chi connectivity index (χ2v) is 5.75. The van der Waals surface area contributed by atoms with Gasteiger partial charge < -0.3 is 14.6 Å². The monoisotopic (exact) mass is 340 g/mol. The maximum Gasteiger partial charge on any atom is 0.223 e. The van der Waals surface area contributed by atoms with Gasteiger partial charge in [-0.3, -0.25) is 9.97 Å². The third-order valence-corrected chi connectivity index (χ3v) is 3.69. The molecule has 0 aliphatic carbocycles. The highest BCUT2D eigenvalue weighted by Crippen LogP contribution is 2.33. The summed E-state index contributed by atoms with van der Waals surface area (Å²) in [5.41, 5.74) is 3.77. The second kappa shape index (κ2) is 7.35. The zero-order valence-corrected chi connectivity index (χ0v) is 14.6. The van der Waals surface area contributed by atoms with Crippen molar-refractivity contribution in [2.24, 2.45) is 0 Å². The van der Waals surface area contributed by atoms with Crippen LogP contribution in [0.4, 0.5) is 5.95 Å². The highest BCUT2D eigenvalue weighted by molar-refractivity contribution is 5.80. The summed E-state index contributed by atoms with van der Waals surface area (Å²) < 4.78 is 10.5. The summed E-state index contributed by atoms with van der Waals surface area (Å²) in [6.45, 7) is 6.29. The van der Waals surface area contributed by atoms with E-state index in [2.05, 4.69) is 30.4 Å². The Morgan fingerprint density at radius 3 is 2.68 bits per heavy atom. The number of aromatic nitrogens is 5. The lowest BCUT2D eigenvalue weighted by molar-refractivity contribution is 0.190. The standard InChI is InChI=1S/C17H20N6O2/c1-10(9-24-4)21-17-20-7-13(14-8-18-5-6-19-14)16(22-17)15-11(2)23-25-12(15)3/h5-8,10H,9H2,1-4H3,(H,20,21,22)/t10-/m0/s1. The van der Waals surface area contributed by atoms with Gasteiger partial charge in [0.1, 0.15) is 5.76 Å². The zero-order chi connectivity index (χ0) is 17.8. The van der Waals surface area contributed by atoms with Crippen LogP contribution in [0.5, 0.6) is 0 Å². The molecule has 0 spiro atoms. The average molecular weight is 340 g/mol. The number of anilines is 1. The first-order valence-corrected chi connectivity index (χ1v) is 7.92. The molecule has 0 aliphatic heterocycles. The Morgan fingerprint density at radius 1 is 1.20 bits per heavy atom. The van der Waals surface area contributed by atoms with E-state index in [1.54, 1.807) is 31.9 Å². The van der Waals surface area contributed by atoms with E-state index in [9.17, 15) is 0 Å². The number of hydrogen-bond donors (Lipinski definition) is 1. The van der Waals surface area contributed by atoms with Crippen molar-refractivity contribution in [3.8, 4) is 22.5 Å². The van der Waals surface area contributed by atoms with Gasteiger partial charge in [0.05, 0.1) is 35.4 Å². The van der Waals surface area contributed by atoms with E-state index in [1.165, 1.54) is 0 Å². The predicted molar refractivity (Wildman–Crippen MR) is 93.0 cm³/mol. The SMILES string of the molecule is COC[C@H](C)Nc1ncc(-c2cnccn2)c(-c2c(C)noc2C)n1. The van der Waals surface area contributed by atoms with Crippen molar-refractivity contribution < 1.29 is 9.26 Å². The Labute approximate surface area is 145 Å². The molecule has 3 heterocycles. The van der Waals surface area contributed by atoms with E-state index < -0.39 is 0 Å². The molecule has 3 rings (SSSR count). The van der Waals surface area contributed by atoms with Gasteiger partial charge in [0.25, 0.3) is 0 Å². The highest BCUT2D eigenvalue weighted by atomic mass is 16.5. The minimum absolute atomic E-state index is 0.0740. The maximum absolute atomic E-state index is 5.31. The fourth-order valence-electron chi connectivity index (χ4n) is 2.60. The van der Waals surface area contributed by atoms with Crippen molar-refractivity contribution in [2.75, 3.05) is 19.0 Å². The van der Waals surface area contributed by atoms with Gasteiger partial charge >= 0.3 is 0 Å². The molecule has 1 N–H and O–H groups in total. The molecule has 0 fully saturated rings. The molecule has 3 aromatic rings. The second-order valence-electron chi connectivity index (χ2n) is 5.75. The Hall–Kier alpha value is -2.87. The number of hydrogen-bond acceptors (Lipinski definition) is 8. The van der Waals surface area contributed by atoms with Crippen molar-refractivity contribution in [3.63, 3.8) is 0 Å². The fourth-order valence-corrected chi connectivity index (χ4v) is 2.60. The Bertz CT molecular complexity index is 830. The molecule has 0 amide bonds. The lowest BCUT2D eigenvalue weighted by Gasteiger charge is -2.14. The molecule has 25 heavy (non-hydrogen) atoms. The van der Waals surface area contributed by atoms with Crippen molar-refractivity contribution >= 4 is 5.95 Å². The Morgan fingerprint density at radius 2 is 2.04 bits per heavy atom. The molecule has 0 unspecified atom stereocenters. The topological polar surface area (TPSA) is 98.8 Å². The van der Waals surface area contributed by atoms with E-state index in [4.69, 9.17) is 9.26 Å². The first kappa shape index (κ1) is 17.0. The van der Waals surface area contributed by atoms with Crippen molar-refractivity contribution in [1.29, 1.82) is 0 Å². The van der Waals surface area contributed by atoms with Crippen LogP contribution in [0.25, 0.3) is 22.5 Å². The highest BCUT2D eigenvalue weighted by Gasteiger charge is 2.20. The summed E-state index contributed by atoms with van der Waals surface area (Å²) >= 11 is 0. The fraction of sp³-hybridized carbons (Fsp3) is 0.353. The Balaban J connectivity index is 2.10. The molecule has 3 aromatic heterocycles. The minimum Gasteiger partial charge on any atom is -0.383 e. The number of aryl methyl sites for hydroxylation is 2. The van der Waals surface area contributed by atoms with Gasteiger partial charge in [-0.25, -0.2) is 9.97 Å². The van der Waals surface area contributed by atoms with Crippen LogP contribution < -0.4 is 5.32 Å². The predicted octanol–water partition coefficient (Wildman–Crippen LogP) is 2.65. The molecule has 8 heteroatoms. The molecule has 0 saturated carbocycles. The lowest BCUT2D eigenvalue weighted by atomic mass is 10.0. The quantitative estimate of drug-likeness (QED) is 0.731. The molecule has 0 saturated heterocycles. The van der Waals surface area contributed by atoms with Gasteiger partial charge in [-0.1, -0.05) is 5.16 Å². The van der Waals surface area contributed by atoms with Crippen LogP contribution in [0.2, 0.25) is 0 Å². The first-order chi connectivity index (χ1) is 12.1.